The lowest BCUT2D eigenvalue weighted by Crippen LogP contribution is -2.05. The fourth-order valence-corrected chi connectivity index (χ4v) is 1.99. The van der Waals surface area contributed by atoms with E-state index in [2.05, 4.69) is 17.5 Å². The van der Waals surface area contributed by atoms with E-state index in [1.165, 1.54) is 6.07 Å². The maximum Gasteiger partial charge on any atom is 0.294 e. The Morgan fingerprint density at radius 2 is 1.81 bits per heavy atom. The molecule has 0 amide bonds. The van der Waals surface area contributed by atoms with E-state index in [1.807, 2.05) is 30.3 Å². The van der Waals surface area contributed by atoms with Gasteiger partial charge in [-0.1, -0.05) is 55.8 Å². The molecule has 0 fully saturated rings. The highest BCUT2D eigenvalue weighted by atomic mass is 16.6. The highest BCUT2D eigenvalue weighted by Crippen LogP contribution is 2.23. The lowest BCUT2D eigenvalue weighted by atomic mass is 10.1. The summed E-state index contributed by atoms with van der Waals surface area (Å²) in [6.07, 6.45) is 1.75. The number of nitrogens with one attached hydrogen (secondary N) is 1. The molecule has 0 saturated heterocycles. The van der Waals surface area contributed by atoms with E-state index in [0.717, 1.165) is 24.1 Å². The Morgan fingerprint density at radius 3 is 2.48 bits per heavy atom. The first-order valence-electron chi connectivity index (χ1n) is 6.83. The number of para-hydroxylation sites is 2. The molecule has 1 N–H and O–H groups in total. The molecule has 0 spiro atoms. The van der Waals surface area contributed by atoms with Crippen LogP contribution in [-0.4, -0.2) is 10.6 Å². The smallest absolute Gasteiger partial charge is 0.271 e. The molecule has 0 aromatic heterocycles. The number of hydrogen-bond donors (Lipinski definition) is 1. The molecule has 5 heteroatoms. The van der Waals surface area contributed by atoms with Crippen molar-refractivity contribution in [1.29, 1.82) is 0 Å². The summed E-state index contributed by atoms with van der Waals surface area (Å²) in [7, 11) is 0. The van der Waals surface area contributed by atoms with Crippen LogP contribution in [0.15, 0.2) is 59.7 Å². The van der Waals surface area contributed by atoms with Crippen molar-refractivity contribution in [1.82, 2.24) is 0 Å². The molecule has 21 heavy (non-hydrogen) atoms. The first-order chi connectivity index (χ1) is 10.2. The molecule has 108 valence electrons. The molecule has 0 heterocycles. The predicted octanol–water partition coefficient (Wildman–Crippen LogP) is 4.21. The third-order valence-electron chi connectivity index (χ3n) is 3.01. The van der Waals surface area contributed by atoms with Crippen LogP contribution in [0.2, 0.25) is 0 Å². The number of benzene rings is 2. The van der Waals surface area contributed by atoms with E-state index < -0.39 is 4.92 Å². The Labute approximate surface area is 123 Å². The van der Waals surface area contributed by atoms with Crippen molar-refractivity contribution in [3.8, 4) is 0 Å². The molecule has 2 rings (SSSR count). The third kappa shape index (κ3) is 3.89. The topological polar surface area (TPSA) is 67.5 Å². The third-order valence-corrected chi connectivity index (χ3v) is 3.01. The minimum Gasteiger partial charge on any atom is -0.271 e. The molecule has 0 aliphatic carbocycles. The second-order valence-electron chi connectivity index (χ2n) is 4.56. The Hall–Kier alpha value is -2.69. The summed E-state index contributed by atoms with van der Waals surface area (Å²) in [6, 6.07) is 16.3. The zero-order valence-corrected chi connectivity index (χ0v) is 11.8. The van der Waals surface area contributed by atoms with Crippen molar-refractivity contribution in [3.05, 3.63) is 70.3 Å². The van der Waals surface area contributed by atoms with Gasteiger partial charge in [0, 0.05) is 6.07 Å². The number of nitrogens with zero attached hydrogens (tertiary/aromatic N) is 2. The Balaban J connectivity index is 2.27. The standard InChI is InChI=1S/C16H17N3O2/c1-2-8-14(13-9-4-3-5-10-13)17-18-15-11-6-7-12-16(15)19(20)21/h3-7,9-12,18H,2,8H2,1H3/b17-14-. The highest BCUT2D eigenvalue weighted by molar-refractivity contribution is 6.00. The van der Waals surface area contributed by atoms with Crippen molar-refractivity contribution in [3.63, 3.8) is 0 Å². The summed E-state index contributed by atoms with van der Waals surface area (Å²) < 4.78 is 0. The van der Waals surface area contributed by atoms with E-state index in [1.54, 1.807) is 18.2 Å². The second-order valence-corrected chi connectivity index (χ2v) is 4.56. The summed E-state index contributed by atoms with van der Waals surface area (Å²) in [5, 5.41) is 15.3. The van der Waals surface area contributed by atoms with Crippen molar-refractivity contribution in [2.75, 3.05) is 5.43 Å². The van der Waals surface area contributed by atoms with E-state index in [4.69, 9.17) is 0 Å². The van der Waals surface area contributed by atoms with Gasteiger partial charge in [-0.3, -0.25) is 15.5 Å². The molecule has 2 aromatic rings. The highest BCUT2D eigenvalue weighted by Gasteiger charge is 2.12. The molecule has 0 aliphatic rings. The summed E-state index contributed by atoms with van der Waals surface area (Å²) in [6.45, 7) is 2.07. The Morgan fingerprint density at radius 1 is 1.14 bits per heavy atom. The first kappa shape index (κ1) is 14.7. The van der Waals surface area contributed by atoms with Gasteiger partial charge in [-0.15, -0.1) is 0 Å². The molecule has 0 aliphatic heterocycles. The minimum absolute atomic E-state index is 0.0187. The monoisotopic (exact) mass is 283 g/mol. The zero-order chi connectivity index (χ0) is 15.1. The number of hydrogen-bond acceptors (Lipinski definition) is 4. The van der Waals surface area contributed by atoms with Gasteiger partial charge in [-0.05, 0) is 18.1 Å². The van der Waals surface area contributed by atoms with Crippen molar-refractivity contribution in [2.45, 2.75) is 19.8 Å². The van der Waals surface area contributed by atoms with Gasteiger partial charge in [0.2, 0.25) is 0 Å². The van der Waals surface area contributed by atoms with Gasteiger partial charge in [-0.25, -0.2) is 0 Å². The van der Waals surface area contributed by atoms with Crippen LogP contribution in [0.3, 0.4) is 0 Å². The quantitative estimate of drug-likeness (QED) is 0.490. The second kappa shape index (κ2) is 7.19. The van der Waals surface area contributed by atoms with Gasteiger partial charge in [-0.2, -0.15) is 5.10 Å². The minimum atomic E-state index is -0.417. The van der Waals surface area contributed by atoms with Gasteiger partial charge in [0.15, 0.2) is 0 Å². The number of hydrazone groups is 1. The van der Waals surface area contributed by atoms with Gasteiger partial charge in [0.1, 0.15) is 5.69 Å². The molecule has 0 bridgehead atoms. The predicted molar refractivity (Wildman–Crippen MR) is 84.6 cm³/mol. The summed E-state index contributed by atoms with van der Waals surface area (Å²) in [4.78, 5) is 10.6. The lowest BCUT2D eigenvalue weighted by molar-refractivity contribution is -0.384. The van der Waals surface area contributed by atoms with Crippen LogP contribution in [0.4, 0.5) is 11.4 Å². The van der Waals surface area contributed by atoms with E-state index in [-0.39, 0.29) is 5.69 Å². The van der Waals surface area contributed by atoms with E-state index in [0.29, 0.717) is 5.69 Å². The zero-order valence-electron chi connectivity index (χ0n) is 11.8. The molecule has 0 atom stereocenters. The largest absolute Gasteiger partial charge is 0.294 e. The SMILES string of the molecule is CCC/C(=N/Nc1ccccc1[N+](=O)[O-])c1ccccc1. The Bertz CT molecular complexity index is 639. The maximum atomic E-state index is 11.0. The van der Waals surface area contributed by atoms with Crippen molar-refractivity contribution < 1.29 is 4.92 Å². The van der Waals surface area contributed by atoms with Crippen LogP contribution in [0, 0.1) is 10.1 Å². The molecule has 0 radical (unpaired) electrons. The number of rotatable bonds is 6. The van der Waals surface area contributed by atoms with Crippen LogP contribution in [0.25, 0.3) is 0 Å². The lowest BCUT2D eigenvalue weighted by Gasteiger charge is -2.07. The number of anilines is 1. The maximum absolute atomic E-state index is 11.0. The number of nitro groups is 1. The van der Waals surface area contributed by atoms with Gasteiger partial charge in [0.05, 0.1) is 10.6 Å². The average Bonchev–Trinajstić information content (AvgIpc) is 2.52. The van der Waals surface area contributed by atoms with Gasteiger partial charge in [0.25, 0.3) is 5.69 Å². The summed E-state index contributed by atoms with van der Waals surface area (Å²) >= 11 is 0. The fourth-order valence-electron chi connectivity index (χ4n) is 1.99. The molecule has 0 unspecified atom stereocenters. The van der Waals surface area contributed by atoms with E-state index in [9.17, 15) is 10.1 Å². The average molecular weight is 283 g/mol. The van der Waals surface area contributed by atoms with Crippen molar-refractivity contribution >= 4 is 17.1 Å². The molecule has 0 saturated carbocycles. The molecule has 5 nitrogen and oxygen atoms in total. The van der Waals surface area contributed by atoms with Crippen LogP contribution in [-0.2, 0) is 0 Å². The summed E-state index contributed by atoms with van der Waals surface area (Å²) in [5.41, 5.74) is 5.14. The van der Waals surface area contributed by atoms with Crippen LogP contribution >= 0.6 is 0 Å². The summed E-state index contributed by atoms with van der Waals surface area (Å²) in [5.74, 6) is 0. The molecular formula is C16H17N3O2. The number of nitro benzene ring substituents is 1. The van der Waals surface area contributed by atoms with Crippen LogP contribution < -0.4 is 5.43 Å². The van der Waals surface area contributed by atoms with Gasteiger partial charge < -0.3 is 0 Å². The molecular weight excluding hydrogens is 266 g/mol. The fraction of sp³-hybridized carbons (Fsp3) is 0.188. The van der Waals surface area contributed by atoms with Crippen LogP contribution in [0.1, 0.15) is 25.3 Å². The first-order valence-corrected chi connectivity index (χ1v) is 6.83. The van der Waals surface area contributed by atoms with E-state index >= 15 is 0 Å². The normalized spacial score (nSPS) is 11.2. The van der Waals surface area contributed by atoms with Gasteiger partial charge >= 0.3 is 0 Å². The Kier molecular flexibility index (Phi) is 5.04. The molecule has 2 aromatic carbocycles. The van der Waals surface area contributed by atoms with Crippen LogP contribution in [0.5, 0.6) is 0 Å². The van der Waals surface area contributed by atoms with Crippen molar-refractivity contribution in [2.24, 2.45) is 5.10 Å².